The molecule has 2 rings (SSSR count). The van der Waals surface area contributed by atoms with Crippen molar-refractivity contribution in [3.05, 3.63) is 65.7 Å². The molecular weight excluding hydrogens is 210 g/mol. The quantitative estimate of drug-likeness (QED) is 0.794. The average molecular weight is 223 g/mol. The Morgan fingerprint density at radius 1 is 1.06 bits per heavy atom. The molecule has 0 fully saturated rings. The van der Waals surface area contributed by atoms with E-state index in [2.05, 4.69) is 6.07 Å². The van der Waals surface area contributed by atoms with Gasteiger partial charge in [-0.15, -0.1) is 0 Å². The first-order valence-electron chi connectivity index (χ1n) is 5.51. The maximum atomic E-state index is 8.81. The topological polar surface area (TPSA) is 33.0 Å². The van der Waals surface area contributed by atoms with Crippen molar-refractivity contribution in [3.63, 3.8) is 0 Å². The molecule has 1 atom stereocenters. The number of ether oxygens (including phenoxy) is 1. The van der Waals surface area contributed by atoms with Crippen molar-refractivity contribution in [1.29, 1.82) is 5.26 Å². The fourth-order valence-corrected chi connectivity index (χ4v) is 1.64. The highest BCUT2D eigenvalue weighted by atomic mass is 16.5. The summed E-state index contributed by atoms with van der Waals surface area (Å²) in [6.45, 7) is 1.99. The van der Waals surface area contributed by atoms with Gasteiger partial charge in [0, 0.05) is 0 Å². The van der Waals surface area contributed by atoms with Gasteiger partial charge in [0.1, 0.15) is 11.9 Å². The largest absolute Gasteiger partial charge is 0.486 e. The highest BCUT2D eigenvalue weighted by Crippen LogP contribution is 2.21. The highest BCUT2D eigenvalue weighted by molar-refractivity contribution is 5.36. The van der Waals surface area contributed by atoms with E-state index in [1.54, 1.807) is 12.1 Å². The number of rotatable bonds is 3. The molecule has 0 bridgehead atoms. The van der Waals surface area contributed by atoms with Gasteiger partial charge < -0.3 is 4.74 Å². The van der Waals surface area contributed by atoms with Crippen molar-refractivity contribution in [3.8, 4) is 11.8 Å². The first-order valence-corrected chi connectivity index (χ1v) is 5.51. The van der Waals surface area contributed by atoms with Crippen molar-refractivity contribution >= 4 is 0 Å². The van der Waals surface area contributed by atoms with Crippen LogP contribution in [0.25, 0.3) is 0 Å². The molecule has 0 amide bonds. The number of benzene rings is 2. The van der Waals surface area contributed by atoms with Gasteiger partial charge in [-0.3, -0.25) is 0 Å². The van der Waals surface area contributed by atoms with Crippen LogP contribution in [0.4, 0.5) is 0 Å². The molecular formula is C15H13NO. The molecule has 2 aromatic rings. The third-order valence-corrected chi connectivity index (χ3v) is 2.54. The van der Waals surface area contributed by atoms with Crippen LogP contribution in [0.1, 0.15) is 24.2 Å². The molecule has 0 saturated carbocycles. The monoisotopic (exact) mass is 223 g/mol. The van der Waals surface area contributed by atoms with Gasteiger partial charge in [-0.05, 0) is 30.7 Å². The van der Waals surface area contributed by atoms with E-state index in [-0.39, 0.29) is 6.10 Å². The van der Waals surface area contributed by atoms with Gasteiger partial charge in [-0.1, -0.05) is 36.4 Å². The maximum Gasteiger partial charge on any atom is 0.121 e. The van der Waals surface area contributed by atoms with Crippen LogP contribution in [0, 0.1) is 11.3 Å². The zero-order valence-electron chi connectivity index (χ0n) is 9.63. The van der Waals surface area contributed by atoms with Crippen molar-refractivity contribution < 1.29 is 4.74 Å². The lowest BCUT2D eigenvalue weighted by atomic mass is 10.1. The van der Waals surface area contributed by atoms with E-state index in [1.165, 1.54) is 0 Å². The summed E-state index contributed by atoms with van der Waals surface area (Å²) in [6, 6.07) is 19.3. The van der Waals surface area contributed by atoms with Crippen LogP contribution in [0.2, 0.25) is 0 Å². The number of nitrogens with zero attached hydrogens (tertiary/aromatic N) is 1. The Labute approximate surface area is 101 Å². The van der Waals surface area contributed by atoms with Gasteiger partial charge in [0.05, 0.1) is 11.6 Å². The van der Waals surface area contributed by atoms with Crippen molar-refractivity contribution in [2.24, 2.45) is 0 Å². The molecule has 0 aromatic heterocycles. The minimum atomic E-state index is -0.0230. The molecule has 2 aromatic carbocycles. The predicted octanol–water partition coefficient (Wildman–Crippen LogP) is 3.70. The summed E-state index contributed by atoms with van der Waals surface area (Å²) < 4.78 is 5.79. The van der Waals surface area contributed by atoms with Crippen LogP contribution in [0.15, 0.2) is 54.6 Å². The van der Waals surface area contributed by atoms with Gasteiger partial charge >= 0.3 is 0 Å². The average Bonchev–Trinajstić information content (AvgIpc) is 2.40. The van der Waals surface area contributed by atoms with Gasteiger partial charge in [0.15, 0.2) is 0 Å². The molecule has 0 aliphatic heterocycles. The zero-order chi connectivity index (χ0) is 12.1. The van der Waals surface area contributed by atoms with Crippen LogP contribution in [0.3, 0.4) is 0 Å². The van der Waals surface area contributed by atoms with Crippen LogP contribution in [-0.2, 0) is 0 Å². The Bertz CT molecular complexity index is 528. The Kier molecular flexibility index (Phi) is 3.42. The molecule has 0 aliphatic carbocycles. The van der Waals surface area contributed by atoms with Crippen LogP contribution in [-0.4, -0.2) is 0 Å². The highest BCUT2D eigenvalue weighted by Gasteiger charge is 2.06. The van der Waals surface area contributed by atoms with Gasteiger partial charge in [0.2, 0.25) is 0 Å². The van der Waals surface area contributed by atoms with E-state index in [4.69, 9.17) is 10.00 Å². The fourth-order valence-electron chi connectivity index (χ4n) is 1.64. The summed E-state index contributed by atoms with van der Waals surface area (Å²) in [7, 11) is 0. The normalized spacial score (nSPS) is 11.5. The zero-order valence-corrected chi connectivity index (χ0v) is 9.63. The second-order valence-electron chi connectivity index (χ2n) is 3.81. The van der Waals surface area contributed by atoms with E-state index >= 15 is 0 Å². The fraction of sp³-hybridized carbons (Fsp3) is 0.133. The Morgan fingerprint density at radius 3 is 2.53 bits per heavy atom. The van der Waals surface area contributed by atoms with E-state index < -0.39 is 0 Å². The van der Waals surface area contributed by atoms with Gasteiger partial charge in [-0.25, -0.2) is 0 Å². The van der Waals surface area contributed by atoms with Gasteiger partial charge in [0.25, 0.3) is 0 Å². The molecule has 84 valence electrons. The molecule has 0 unspecified atom stereocenters. The molecule has 0 heterocycles. The number of hydrogen-bond acceptors (Lipinski definition) is 2. The van der Waals surface area contributed by atoms with Crippen molar-refractivity contribution in [2.75, 3.05) is 0 Å². The summed E-state index contributed by atoms with van der Waals surface area (Å²) in [4.78, 5) is 0. The lowest BCUT2D eigenvalue weighted by Gasteiger charge is -2.14. The molecule has 2 heteroatoms. The molecule has 0 saturated heterocycles. The molecule has 0 spiro atoms. The summed E-state index contributed by atoms with van der Waals surface area (Å²) >= 11 is 0. The number of nitriles is 1. The summed E-state index contributed by atoms with van der Waals surface area (Å²) in [5.74, 6) is 0.723. The summed E-state index contributed by atoms with van der Waals surface area (Å²) in [5, 5.41) is 8.81. The van der Waals surface area contributed by atoms with E-state index in [0.717, 1.165) is 11.3 Å². The third-order valence-electron chi connectivity index (χ3n) is 2.54. The van der Waals surface area contributed by atoms with E-state index in [9.17, 15) is 0 Å². The minimum absolute atomic E-state index is 0.0230. The lowest BCUT2D eigenvalue weighted by Crippen LogP contribution is -2.02. The van der Waals surface area contributed by atoms with Crippen molar-refractivity contribution in [1.82, 2.24) is 0 Å². The smallest absolute Gasteiger partial charge is 0.121 e. The van der Waals surface area contributed by atoms with E-state index in [1.807, 2.05) is 49.4 Å². The maximum absolute atomic E-state index is 8.81. The number of hydrogen-bond donors (Lipinski definition) is 0. The summed E-state index contributed by atoms with van der Waals surface area (Å²) in [5.41, 5.74) is 1.73. The standard InChI is InChI=1S/C15H13NO/c1-12(14-7-3-2-4-8-14)17-15-9-5-6-13(10-15)11-16/h2-10,12H,1H3/t12-/m0/s1. The molecule has 17 heavy (non-hydrogen) atoms. The third kappa shape index (κ3) is 2.85. The second-order valence-corrected chi connectivity index (χ2v) is 3.81. The predicted molar refractivity (Wildman–Crippen MR) is 66.6 cm³/mol. The van der Waals surface area contributed by atoms with Crippen LogP contribution >= 0.6 is 0 Å². The van der Waals surface area contributed by atoms with Crippen molar-refractivity contribution in [2.45, 2.75) is 13.0 Å². The Hall–Kier alpha value is -2.27. The summed E-state index contributed by atoms with van der Waals surface area (Å²) in [6.07, 6.45) is -0.0230. The Morgan fingerprint density at radius 2 is 1.82 bits per heavy atom. The molecule has 2 nitrogen and oxygen atoms in total. The molecule has 0 aliphatic rings. The second kappa shape index (κ2) is 5.18. The molecule has 0 N–H and O–H groups in total. The van der Waals surface area contributed by atoms with Gasteiger partial charge in [-0.2, -0.15) is 5.26 Å². The Balaban J connectivity index is 2.13. The first kappa shape index (κ1) is 11.2. The SMILES string of the molecule is C[C@H](Oc1cccc(C#N)c1)c1ccccc1. The van der Waals surface area contributed by atoms with Crippen LogP contribution in [0.5, 0.6) is 5.75 Å². The van der Waals surface area contributed by atoms with E-state index in [0.29, 0.717) is 5.56 Å². The van der Waals surface area contributed by atoms with Crippen LogP contribution < -0.4 is 4.74 Å². The first-order chi connectivity index (χ1) is 8.29. The lowest BCUT2D eigenvalue weighted by molar-refractivity contribution is 0.227. The molecule has 0 radical (unpaired) electrons. The minimum Gasteiger partial charge on any atom is -0.486 e.